The van der Waals surface area contributed by atoms with Crippen molar-refractivity contribution in [1.29, 1.82) is 0 Å². The van der Waals surface area contributed by atoms with Crippen LogP contribution in [0.1, 0.15) is 36.1 Å². The zero-order valence-corrected chi connectivity index (χ0v) is 17.5. The Hall–Kier alpha value is -2.60. The number of likely N-dealkylation sites (tertiary alicyclic amines) is 1. The van der Waals surface area contributed by atoms with Gasteiger partial charge < -0.3 is 10.0 Å². The fraction of sp³-hybridized carbons (Fsp3) is 0.292. The number of aliphatic hydroxyl groups is 1. The van der Waals surface area contributed by atoms with Crippen LogP contribution < -0.4 is 0 Å². The van der Waals surface area contributed by atoms with E-state index in [1.165, 1.54) is 0 Å². The highest BCUT2D eigenvalue weighted by molar-refractivity contribution is 6.30. The lowest BCUT2D eigenvalue weighted by Crippen LogP contribution is -2.42. The van der Waals surface area contributed by atoms with Crippen molar-refractivity contribution in [2.24, 2.45) is 0 Å². The van der Waals surface area contributed by atoms with Crippen LogP contribution in [0.4, 0.5) is 0 Å². The van der Waals surface area contributed by atoms with Crippen LogP contribution in [0.3, 0.4) is 0 Å². The summed E-state index contributed by atoms with van der Waals surface area (Å²) in [4.78, 5) is 15.3. The van der Waals surface area contributed by atoms with Crippen molar-refractivity contribution in [3.63, 3.8) is 0 Å². The molecular formula is C24H25ClN4O. The number of rotatable bonds is 6. The molecular weight excluding hydrogens is 396 g/mol. The predicted octanol–water partition coefficient (Wildman–Crippen LogP) is 4.33. The van der Waals surface area contributed by atoms with Gasteiger partial charge in [0.1, 0.15) is 0 Å². The number of pyridine rings is 1. The van der Waals surface area contributed by atoms with Crippen LogP contribution >= 0.6 is 11.6 Å². The molecule has 30 heavy (non-hydrogen) atoms. The quantitative estimate of drug-likeness (QED) is 0.643. The lowest BCUT2D eigenvalue weighted by atomic mass is 9.84. The summed E-state index contributed by atoms with van der Waals surface area (Å²) in [6.07, 6.45) is 13.3. The number of aromatic nitrogens is 3. The maximum absolute atomic E-state index is 11.1. The fourth-order valence-electron chi connectivity index (χ4n) is 3.92. The molecule has 1 fully saturated rings. The monoisotopic (exact) mass is 420 g/mol. The SMILES string of the molecule is OC1(c2ccc(Cl)cc2)CCN(CC/C=C(\c2cccnc2)c2cnccn2)CC1. The minimum atomic E-state index is -0.766. The summed E-state index contributed by atoms with van der Waals surface area (Å²) in [5.41, 5.74) is 3.12. The molecule has 5 nitrogen and oxygen atoms in total. The number of hydrogen-bond acceptors (Lipinski definition) is 5. The Bertz CT molecular complexity index is 928. The zero-order chi connectivity index (χ0) is 20.8. The van der Waals surface area contributed by atoms with Gasteiger partial charge in [0.05, 0.1) is 17.5 Å². The molecule has 3 heterocycles. The van der Waals surface area contributed by atoms with E-state index in [-0.39, 0.29) is 0 Å². The molecule has 1 N–H and O–H groups in total. The third kappa shape index (κ3) is 4.93. The van der Waals surface area contributed by atoms with Crippen LogP contribution in [0.2, 0.25) is 5.02 Å². The van der Waals surface area contributed by atoms with E-state index in [1.54, 1.807) is 24.8 Å². The van der Waals surface area contributed by atoms with E-state index in [1.807, 2.05) is 42.6 Å². The van der Waals surface area contributed by atoms with E-state index in [0.717, 1.165) is 61.3 Å². The number of nitrogens with zero attached hydrogens (tertiary/aromatic N) is 4. The molecule has 1 aliphatic rings. The lowest BCUT2D eigenvalue weighted by molar-refractivity contribution is -0.0254. The highest BCUT2D eigenvalue weighted by atomic mass is 35.5. The second kappa shape index (κ2) is 9.47. The number of piperidine rings is 1. The van der Waals surface area contributed by atoms with Gasteiger partial charge in [-0.05, 0) is 43.0 Å². The van der Waals surface area contributed by atoms with E-state index in [4.69, 9.17) is 11.6 Å². The molecule has 0 spiro atoms. The molecule has 0 radical (unpaired) electrons. The van der Waals surface area contributed by atoms with Gasteiger partial charge in [-0.25, -0.2) is 0 Å². The summed E-state index contributed by atoms with van der Waals surface area (Å²) in [5.74, 6) is 0. The molecule has 1 aromatic carbocycles. The summed E-state index contributed by atoms with van der Waals surface area (Å²) < 4.78 is 0. The molecule has 6 heteroatoms. The average Bonchev–Trinajstić information content (AvgIpc) is 2.79. The smallest absolute Gasteiger partial charge is 0.0920 e. The Morgan fingerprint density at radius 3 is 2.47 bits per heavy atom. The first kappa shape index (κ1) is 20.7. The van der Waals surface area contributed by atoms with Gasteiger partial charge in [-0.15, -0.1) is 0 Å². The van der Waals surface area contributed by atoms with Crippen molar-refractivity contribution >= 4 is 17.2 Å². The molecule has 154 valence electrons. The summed E-state index contributed by atoms with van der Waals surface area (Å²) in [6, 6.07) is 11.5. The summed E-state index contributed by atoms with van der Waals surface area (Å²) >= 11 is 5.98. The number of halogens is 1. The molecule has 1 saturated heterocycles. The first-order valence-corrected chi connectivity index (χ1v) is 10.6. The largest absolute Gasteiger partial charge is 0.385 e. The van der Waals surface area contributed by atoms with Crippen molar-refractivity contribution in [1.82, 2.24) is 19.9 Å². The minimum Gasteiger partial charge on any atom is -0.385 e. The van der Waals surface area contributed by atoms with Crippen LogP contribution in [-0.4, -0.2) is 44.6 Å². The molecule has 0 saturated carbocycles. The van der Waals surface area contributed by atoms with Crippen molar-refractivity contribution in [2.75, 3.05) is 19.6 Å². The molecule has 1 aliphatic heterocycles. The molecule has 2 aromatic heterocycles. The normalized spacial score (nSPS) is 17.1. The zero-order valence-electron chi connectivity index (χ0n) is 16.8. The van der Waals surface area contributed by atoms with Crippen LogP contribution in [0.25, 0.3) is 5.57 Å². The molecule has 0 amide bonds. The molecule has 0 aliphatic carbocycles. The van der Waals surface area contributed by atoms with Gasteiger partial charge in [-0.3, -0.25) is 15.0 Å². The van der Waals surface area contributed by atoms with Gasteiger partial charge >= 0.3 is 0 Å². The Kier molecular flexibility index (Phi) is 6.53. The van der Waals surface area contributed by atoms with E-state index in [2.05, 4.69) is 25.9 Å². The van der Waals surface area contributed by atoms with E-state index >= 15 is 0 Å². The minimum absolute atomic E-state index is 0.694. The highest BCUT2D eigenvalue weighted by Crippen LogP contribution is 2.33. The van der Waals surface area contributed by atoms with E-state index in [9.17, 15) is 5.11 Å². The summed E-state index contributed by atoms with van der Waals surface area (Å²) in [7, 11) is 0. The number of hydrogen-bond donors (Lipinski definition) is 1. The molecule has 0 unspecified atom stereocenters. The topological polar surface area (TPSA) is 62.1 Å². The molecule has 4 rings (SSSR count). The van der Waals surface area contributed by atoms with Crippen LogP contribution in [0.5, 0.6) is 0 Å². The van der Waals surface area contributed by atoms with Crippen LogP contribution in [0.15, 0.2) is 73.5 Å². The standard InChI is InChI=1S/C24H25ClN4O/c25-21-7-5-20(6-8-21)24(30)9-15-29(16-10-24)14-2-4-22(19-3-1-11-26-17-19)23-18-27-12-13-28-23/h1,3-8,11-13,17-18,30H,2,9-10,14-16H2/b22-4+. The van der Waals surface area contributed by atoms with Crippen molar-refractivity contribution in [2.45, 2.75) is 24.9 Å². The van der Waals surface area contributed by atoms with Crippen molar-refractivity contribution in [3.05, 3.63) is 95.3 Å². The first-order valence-electron chi connectivity index (χ1n) is 10.2. The van der Waals surface area contributed by atoms with Gasteiger partial charge in [0.15, 0.2) is 0 Å². The van der Waals surface area contributed by atoms with Gasteiger partial charge in [-0.1, -0.05) is 35.9 Å². The Balaban J connectivity index is 1.39. The van der Waals surface area contributed by atoms with Crippen molar-refractivity contribution < 1.29 is 5.11 Å². The van der Waals surface area contributed by atoms with Gasteiger partial charge in [0.2, 0.25) is 0 Å². The van der Waals surface area contributed by atoms with Gasteiger partial charge in [0, 0.05) is 60.6 Å². The third-order valence-corrected chi connectivity index (χ3v) is 5.92. The molecule has 3 aromatic rings. The first-order chi connectivity index (χ1) is 14.6. The van der Waals surface area contributed by atoms with Crippen LogP contribution in [-0.2, 0) is 5.60 Å². The van der Waals surface area contributed by atoms with Gasteiger partial charge in [0.25, 0.3) is 0 Å². The van der Waals surface area contributed by atoms with Crippen molar-refractivity contribution in [3.8, 4) is 0 Å². The second-order valence-corrected chi connectivity index (χ2v) is 8.06. The fourth-order valence-corrected chi connectivity index (χ4v) is 4.04. The molecule has 0 bridgehead atoms. The lowest BCUT2D eigenvalue weighted by Gasteiger charge is -2.38. The maximum atomic E-state index is 11.1. The maximum Gasteiger partial charge on any atom is 0.0920 e. The van der Waals surface area contributed by atoms with Crippen LogP contribution in [0, 0.1) is 0 Å². The Labute approximate surface area is 182 Å². The summed E-state index contributed by atoms with van der Waals surface area (Å²) in [6.45, 7) is 2.65. The van der Waals surface area contributed by atoms with E-state index < -0.39 is 5.60 Å². The average molecular weight is 421 g/mol. The highest BCUT2D eigenvalue weighted by Gasteiger charge is 2.33. The van der Waals surface area contributed by atoms with Gasteiger partial charge in [-0.2, -0.15) is 0 Å². The predicted molar refractivity (Wildman–Crippen MR) is 119 cm³/mol. The Morgan fingerprint density at radius 2 is 1.80 bits per heavy atom. The molecule has 0 atom stereocenters. The summed E-state index contributed by atoms with van der Waals surface area (Å²) in [5, 5.41) is 11.8. The second-order valence-electron chi connectivity index (χ2n) is 7.62. The number of benzene rings is 1. The third-order valence-electron chi connectivity index (χ3n) is 5.67. The Morgan fingerprint density at radius 1 is 1.03 bits per heavy atom. The van der Waals surface area contributed by atoms with E-state index in [0.29, 0.717) is 5.02 Å².